The van der Waals surface area contributed by atoms with Crippen LogP contribution in [-0.4, -0.2) is 25.2 Å². The van der Waals surface area contributed by atoms with Crippen molar-refractivity contribution in [3.8, 4) is 0 Å². The first kappa shape index (κ1) is 12.9. The van der Waals surface area contributed by atoms with Crippen LogP contribution in [0, 0.1) is 17.3 Å². The van der Waals surface area contributed by atoms with Crippen LogP contribution in [0.15, 0.2) is 0 Å². The summed E-state index contributed by atoms with van der Waals surface area (Å²) in [6, 6.07) is 1.59. The second kappa shape index (κ2) is 5.13. The molecule has 3 fully saturated rings. The lowest BCUT2D eigenvalue weighted by Gasteiger charge is -2.40. The average Bonchev–Trinajstić information content (AvgIpc) is 2.97. The summed E-state index contributed by atoms with van der Waals surface area (Å²) in [5, 5.41) is 7.61. The van der Waals surface area contributed by atoms with Crippen molar-refractivity contribution in [2.45, 2.75) is 70.9 Å². The number of hydrogen-bond donors (Lipinski definition) is 2. The normalized spacial score (nSPS) is 42.3. The Hall–Kier alpha value is -0.0800. The predicted octanol–water partition coefficient (Wildman–Crippen LogP) is 2.93. The van der Waals surface area contributed by atoms with Crippen LogP contribution in [0.2, 0.25) is 0 Å². The second-order valence-electron chi connectivity index (χ2n) is 7.64. The molecule has 3 aliphatic rings. The van der Waals surface area contributed by atoms with Crippen molar-refractivity contribution in [3.63, 3.8) is 0 Å². The van der Waals surface area contributed by atoms with Crippen molar-refractivity contribution >= 4 is 0 Å². The van der Waals surface area contributed by atoms with Crippen LogP contribution in [0.5, 0.6) is 0 Å². The van der Waals surface area contributed by atoms with Gasteiger partial charge in [-0.3, -0.25) is 0 Å². The van der Waals surface area contributed by atoms with Crippen LogP contribution >= 0.6 is 0 Å². The first-order valence-electron chi connectivity index (χ1n) is 8.12. The molecule has 1 aliphatic heterocycles. The summed E-state index contributed by atoms with van der Waals surface area (Å²) < 4.78 is 0. The Morgan fingerprint density at radius 2 is 1.83 bits per heavy atom. The Kier molecular flexibility index (Phi) is 3.68. The molecule has 0 radical (unpaired) electrons. The van der Waals surface area contributed by atoms with Gasteiger partial charge in [-0.25, -0.2) is 0 Å². The van der Waals surface area contributed by atoms with E-state index < -0.39 is 0 Å². The molecule has 2 saturated carbocycles. The zero-order valence-electron chi connectivity index (χ0n) is 12.2. The summed E-state index contributed by atoms with van der Waals surface area (Å²) in [6.45, 7) is 7.21. The minimum atomic E-state index is 0.626. The molecule has 0 amide bonds. The van der Waals surface area contributed by atoms with E-state index >= 15 is 0 Å². The molecule has 2 N–H and O–H groups in total. The summed E-state index contributed by atoms with van der Waals surface area (Å²) in [7, 11) is 0. The molecule has 0 bridgehead atoms. The van der Waals surface area contributed by atoms with E-state index in [-0.39, 0.29) is 0 Å². The van der Waals surface area contributed by atoms with Crippen molar-refractivity contribution in [1.82, 2.24) is 10.6 Å². The lowest BCUT2D eigenvalue weighted by Crippen LogP contribution is -2.52. The molecule has 4 unspecified atom stereocenters. The third-order valence-corrected chi connectivity index (χ3v) is 5.74. The predicted molar refractivity (Wildman–Crippen MR) is 76.7 cm³/mol. The van der Waals surface area contributed by atoms with E-state index in [1.807, 2.05) is 0 Å². The van der Waals surface area contributed by atoms with E-state index in [0.29, 0.717) is 5.41 Å². The second-order valence-corrected chi connectivity index (χ2v) is 7.64. The fourth-order valence-corrected chi connectivity index (χ4v) is 4.09. The van der Waals surface area contributed by atoms with Crippen LogP contribution in [-0.2, 0) is 0 Å². The Labute approximate surface area is 112 Å². The summed E-state index contributed by atoms with van der Waals surface area (Å²) in [4.78, 5) is 0. The summed E-state index contributed by atoms with van der Waals surface area (Å²) in [6.07, 6.45) is 10.1. The molecular weight excluding hydrogens is 220 g/mol. The van der Waals surface area contributed by atoms with Crippen molar-refractivity contribution in [1.29, 1.82) is 0 Å². The van der Waals surface area contributed by atoms with Gasteiger partial charge >= 0.3 is 0 Å². The van der Waals surface area contributed by atoms with Gasteiger partial charge < -0.3 is 10.6 Å². The molecule has 1 saturated heterocycles. The van der Waals surface area contributed by atoms with Gasteiger partial charge in [-0.15, -0.1) is 0 Å². The maximum atomic E-state index is 3.91. The SMILES string of the molecule is CC1(C)CC1CNCC1CCC2CCCCC2N1. The van der Waals surface area contributed by atoms with E-state index in [2.05, 4.69) is 24.5 Å². The van der Waals surface area contributed by atoms with Crippen molar-refractivity contribution in [2.24, 2.45) is 17.3 Å². The van der Waals surface area contributed by atoms with Gasteiger partial charge in [0.15, 0.2) is 0 Å². The highest BCUT2D eigenvalue weighted by Crippen LogP contribution is 2.50. The Balaban J connectivity index is 1.36. The van der Waals surface area contributed by atoms with E-state index in [1.165, 1.54) is 58.0 Å². The summed E-state index contributed by atoms with van der Waals surface area (Å²) >= 11 is 0. The van der Waals surface area contributed by atoms with E-state index in [9.17, 15) is 0 Å². The fraction of sp³-hybridized carbons (Fsp3) is 1.00. The Bertz CT molecular complexity index is 287. The van der Waals surface area contributed by atoms with Crippen LogP contribution in [0.1, 0.15) is 58.8 Å². The summed E-state index contributed by atoms with van der Waals surface area (Å²) in [5.74, 6) is 1.93. The molecule has 3 rings (SSSR count). The third-order valence-electron chi connectivity index (χ3n) is 5.74. The van der Waals surface area contributed by atoms with Crippen LogP contribution in [0.4, 0.5) is 0 Å². The smallest absolute Gasteiger partial charge is 0.0195 e. The molecule has 2 nitrogen and oxygen atoms in total. The number of fused-ring (bicyclic) bond motifs is 1. The number of piperidine rings is 1. The molecule has 2 heteroatoms. The number of hydrogen-bond acceptors (Lipinski definition) is 2. The number of nitrogens with one attached hydrogen (secondary N) is 2. The highest BCUT2D eigenvalue weighted by molar-refractivity contribution is 4.96. The Morgan fingerprint density at radius 1 is 1.06 bits per heavy atom. The minimum Gasteiger partial charge on any atom is -0.315 e. The average molecular weight is 250 g/mol. The zero-order chi connectivity index (χ0) is 12.6. The van der Waals surface area contributed by atoms with E-state index in [0.717, 1.165) is 23.9 Å². The van der Waals surface area contributed by atoms with Crippen LogP contribution in [0.25, 0.3) is 0 Å². The van der Waals surface area contributed by atoms with Crippen LogP contribution in [0.3, 0.4) is 0 Å². The van der Waals surface area contributed by atoms with Crippen molar-refractivity contribution < 1.29 is 0 Å². The monoisotopic (exact) mass is 250 g/mol. The Morgan fingerprint density at radius 3 is 2.61 bits per heavy atom. The topological polar surface area (TPSA) is 24.1 Å². The molecule has 1 heterocycles. The first-order chi connectivity index (χ1) is 8.65. The van der Waals surface area contributed by atoms with Gasteiger partial charge in [-0.1, -0.05) is 26.7 Å². The van der Waals surface area contributed by atoms with Crippen molar-refractivity contribution in [3.05, 3.63) is 0 Å². The van der Waals surface area contributed by atoms with Crippen LogP contribution < -0.4 is 10.6 Å². The standard InChI is InChI=1S/C16H30N2/c1-16(2)9-13(16)10-17-11-14-8-7-12-5-3-4-6-15(12)18-14/h12-15,17-18H,3-11H2,1-2H3. The third kappa shape index (κ3) is 2.91. The molecule has 104 valence electrons. The minimum absolute atomic E-state index is 0.626. The molecule has 0 spiro atoms. The van der Waals surface area contributed by atoms with E-state index in [1.54, 1.807) is 0 Å². The molecule has 4 atom stereocenters. The fourth-order valence-electron chi connectivity index (χ4n) is 4.09. The zero-order valence-corrected chi connectivity index (χ0v) is 12.2. The summed E-state index contributed by atoms with van der Waals surface area (Å²) in [5.41, 5.74) is 0.626. The van der Waals surface area contributed by atoms with Gasteiger partial charge in [0.05, 0.1) is 0 Å². The van der Waals surface area contributed by atoms with Gasteiger partial charge in [0.1, 0.15) is 0 Å². The molecular formula is C16H30N2. The molecule has 0 aromatic heterocycles. The molecule has 18 heavy (non-hydrogen) atoms. The highest BCUT2D eigenvalue weighted by Gasteiger charge is 2.44. The van der Waals surface area contributed by atoms with Gasteiger partial charge in [-0.2, -0.15) is 0 Å². The van der Waals surface area contributed by atoms with Gasteiger partial charge in [0.25, 0.3) is 0 Å². The highest BCUT2D eigenvalue weighted by atomic mass is 15.0. The quantitative estimate of drug-likeness (QED) is 0.801. The van der Waals surface area contributed by atoms with Gasteiger partial charge in [0, 0.05) is 18.6 Å². The van der Waals surface area contributed by atoms with E-state index in [4.69, 9.17) is 0 Å². The maximum Gasteiger partial charge on any atom is 0.0195 e. The van der Waals surface area contributed by atoms with Gasteiger partial charge in [-0.05, 0) is 55.9 Å². The lowest BCUT2D eigenvalue weighted by molar-refractivity contribution is 0.174. The first-order valence-corrected chi connectivity index (χ1v) is 8.12. The molecule has 0 aromatic rings. The largest absolute Gasteiger partial charge is 0.315 e. The number of rotatable bonds is 4. The lowest BCUT2D eigenvalue weighted by atomic mass is 9.78. The molecule has 0 aromatic carbocycles. The molecule has 2 aliphatic carbocycles. The maximum absolute atomic E-state index is 3.91. The van der Waals surface area contributed by atoms with Gasteiger partial charge in [0.2, 0.25) is 0 Å². The van der Waals surface area contributed by atoms with Crippen molar-refractivity contribution in [2.75, 3.05) is 13.1 Å².